The Morgan fingerprint density at radius 1 is 1.18 bits per heavy atom. The van der Waals surface area contributed by atoms with Crippen LogP contribution in [0.1, 0.15) is 0 Å². The quantitative estimate of drug-likeness (QED) is 0.946. The lowest BCUT2D eigenvalue weighted by Gasteiger charge is -2.26. The van der Waals surface area contributed by atoms with E-state index in [2.05, 4.69) is 10.3 Å². The standard InChI is InChI=1S/C16H17N3O3/c20-16(19-8-10-21-11-9-19)18-13-6-7-17-15(12-13)22-14-4-2-1-3-5-14/h1-7,12H,8-11H2,(H,17,18,20). The molecule has 0 atom stereocenters. The summed E-state index contributed by atoms with van der Waals surface area (Å²) in [6.07, 6.45) is 1.60. The minimum atomic E-state index is -0.139. The first-order valence-electron chi connectivity index (χ1n) is 7.14. The van der Waals surface area contributed by atoms with Crippen LogP contribution in [0.25, 0.3) is 0 Å². The van der Waals surface area contributed by atoms with Gasteiger partial charge in [-0.2, -0.15) is 0 Å². The second-order valence-corrected chi connectivity index (χ2v) is 4.83. The zero-order valence-electron chi connectivity index (χ0n) is 12.1. The van der Waals surface area contributed by atoms with Crippen molar-refractivity contribution in [1.82, 2.24) is 9.88 Å². The van der Waals surface area contributed by atoms with E-state index in [4.69, 9.17) is 9.47 Å². The molecule has 6 heteroatoms. The highest BCUT2D eigenvalue weighted by atomic mass is 16.5. The van der Waals surface area contributed by atoms with Crippen LogP contribution in [0.4, 0.5) is 10.5 Å². The van der Waals surface area contributed by atoms with Crippen LogP contribution in [-0.2, 0) is 4.74 Å². The lowest BCUT2D eigenvalue weighted by Crippen LogP contribution is -2.43. The third kappa shape index (κ3) is 3.73. The van der Waals surface area contributed by atoms with Gasteiger partial charge in [0.15, 0.2) is 0 Å². The van der Waals surface area contributed by atoms with Gasteiger partial charge in [-0.15, -0.1) is 0 Å². The number of carbonyl (C=O) groups excluding carboxylic acids is 1. The normalized spacial score (nSPS) is 14.5. The van der Waals surface area contributed by atoms with Crippen molar-refractivity contribution in [1.29, 1.82) is 0 Å². The molecule has 0 aliphatic carbocycles. The smallest absolute Gasteiger partial charge is 0.322 e. The summed E-state index contributed by atoms with van der Waals surface area (Å²) in [4.78, 5) is 18.0. The second kappa shape index (κ2) is 6.91. The molecule has 0 unspecified atom stereocenters. The number of morpholine rings is 1. The first kappa shape index (κ1) is 14.3. The SMILES string of the molecule is O=C(Nc1ccnc(Oc2ccccc2)c1)N1CCOCC1. The predicted octanol–water partition coefficient (Wildman–Crippen LogP) is 2.74. The van der Waals surface area contributed by atoms with Crippen molar-refractivity contribution >= 4 is 11.7 Å². The van der Waals surface area contributed by atoms with Crippen LogP contribution in [0, 0.1) is 0 Å². The van der Waals surface area contributed by atoms with Gasteiger partial charge < -0.3 is 19.7 Å². The number of aromatic nitrogens is 1. The number of carbonyl (C=O) groups is 1. The Balaban J connectivity index is 1.64. The lowest BCUT2D eigenvalue weighted by atomic mass is 10.3. The summed E-state index contributed by atoms with van der Waals surface area (Å²) in [6.45, 7) is 2.35. The van der Waals surface area contributed by atoms with E-state index in [1.54, 1.807) is 23.2 Å². The molecule has 1 aliphatic rings. The van der Waals surface area contributed by atoms with Gasteiger partial charge in [-0.25, -0.2) is 9.78 Å². The Labute approximate surface area is 128 Å². The molecule has 0 radical (unpaired) electrons. The number of hydrogen-bond acceptors (Lipinski definition) is 4. The molecule has 1 N–H and O–H groups in total. The molecule has 1 aliphatic heterocycles. The maximum atomic E-state index is 12.1. The van der Waals surface area contributed by atoms with Crippen LogP contribution in [0.3, 0.4) is 0 Å². The molecule has 0 bridgehead atoms. The Morgan fingerprint density at radius 2 is 1.95 bits per heavy atom. The number of nitrogens with zero attached hydrogens (tertiary/aromatic N) is 2. The molecular formula is C16H17N3O3. The number of pyridine rings is 1. The number of amides is 2. The number of hydrogen-bond donors (Lipinski definition) is 1. The number of benzene rings is 1. The predicted molar refractivity (Wildman–Crippen MR) is 82.2 cm³/mol. The Morgan fingerprint density at radius 3 is 2.73 bits per heavy atom. The number of anilines is 1. The summed E-state index contributed by atoms with van der Waals surface area (Å²) in [5, 5.41) is 2.85. The van der Waals surface area contributed by atoms with E-state index in [0.29, 0.717) is 43.6 Å². The van der Waals surface area contributed by atoms with E-state index in [9.17, 15) is 4.79 Å². The van der Waals surface area contributed by atoms with Gasteiger partial charge in [0, 0.05) is 31.0 Å². The van der Waals surface area contributed by atoms with Crippen molar-refractivity contribution in [3.05, 3.63) is 48.7 Å². The van der Waals surface area contributed by atoms with Crippen LogP contribution >= 0.6 is 0 Å². The van der Waals surface area contributed by atoms with Gasteiger partial charge in [-0.3, -0.25) is 0 Å². The maximum absolute atomic E-state index is 12.1. The summed E-state index contributed by atoms with van der Waals surface area (Å²) in [6, 6.07) is 12.7. The van der Waals surface area contributed by atoms with Crippen molar-refractivity contribution in [3.8, 4) is 11.6 Å². The Hall–Kier alpha value is -2.60. The van der Waals surface area contributed by atoms with E-state index in [-0.39, 0.29) is 6.03 Å². The third-order valence-electron chi connectivity index (χ3n) is 3.25. The average molecular weight is 299 g/mol. The molecule has 1 aromatic carbocycles. The van der Waals surface area contributed by atoms with Gasteiger partial charge in [0.25, 0.3) is 0 Å². The lowest BCUT2D eigenvalue weighted by molar-refractivity contribution is 0.0564. The number of urea groups is 1. The molecule has 6 nitrogen and oxygen atoms in total. The minimum Gasteiger partial charge on any atom is -0.439 e. The summed E-state index contributed by atoms with van der Waals surface area (Å²) in [5.41, 5.74) is 0.650. The molecule has 1 aromatic heterocycles. The average Bonchev–Trinajstić information content (AvgIpc) is 2.57. The molecule has 1 fully saturated rings. The fraction of sp³-hybridized carbons (Fsp3) is 0.250. The molecule has 2 heterocycles. The van der Waals surface area contributed by atoms with Crippen LogP contribution in [0.5, 0.6) is 11.6 Å². The van der Waals surface area contributed by atoms with Crippen molar-refractivity contribution in [2.45, 2.75) is 0 Å². The molecule has 1 saturated heterocycles. The van der Waals surface area contributed by atoms with E-state index in [1.165, 1.54) is 0 Å². The largest absolute Gasteiger partial charge is 0.439 e. The Kier molecular flexibility index (Phi) is 4.50. The van der Waals surface area contributed by atoms with E-state index >= 15 is 0 Å². The molecule has 114 valence electrons. The van der Waals surface area contributed by atoms with Gasteiger partial charge in [0.05, 0.1) is 13.2 Å². The number of para-hydroxylation sites is 1. The molecule has 2 amide bonds. The zero-order valence-corrected chi connectivity index (χ0v) is 12.1. The first-order valence-corrected chi connectivity index (χ1v) is 7.14. The fourth-order valence-corrected chi connectivity index (χ4v) is 2.12. The minimum absolute atomic E-state index is 0.139. The van der Waals surface area contributed by atoms with Crippen molar-refractivity contribution < 1.29 is 14.3 Å². The summed E-state index contributed by atoms with van der Waals surface area (Å²) in [7, 11) is 0. The van der Waals surface area contributed by atoms with Crippen LogP contribution in [0.15, 0.2) is 48.7 Å². The van der Waals surface area contributed by atoms with Crippen LogP contribution in [-0.4, -0.2) is 42.2 Å². The van der Waals surface area contributed by atoms with Gasteiger partial charge in [0.1, 0.15) is 5.75 Å². The highest BCUT2D eigenvalue weighted by Crippen LogP contribution is 2.21. The summed E-state index contributed by atoms with van der Waals surface area (Å²) < 4.78 is 10.9. The van der Waals surface area contributed by atoms with E-state index in [1.807, 2.05) is 30.3 Å². The van der Waals surface area contributed by atoms with Gasteiger partial charge in [-0.05, 0) is 18.2 Å². The van der Waals surface area contributed by atoms with Crippen LogP contribution in [0.2, 0.25) is 0 Å². The first-order chi connectivity index (χ1) is 10.8. The van der Waals surface area contributed by atoms with Crippen molar-refractivity contribution in [3.63, 3.8) is 0 Å². The highest BCUT2D eigenvalue weighted by molar-refractivity contribution is 5.89. The van der Waals surface area contributed by atoms with Crippen molar-refractivity contribution in [2.75, 3.05) is 31.6 Å². The fourth-order valence-electron chi connectivity index (χ4n) is 2.12. The molecule has 22 heavy (non-hydrogen) atoms. The van der Waals surface area contributed by atoms with Gasteiger partial charge >= 0.3 is 6.03 Å². The van der Waals surface area contributed by atoms with E-state index < -0.39 is 0 Å². The number of nitrogens with one attached hydrogen (secondary N) is 1. The third-order valence-corrected chi connectivity index (χ3v) is 3.25. The highest BCUT2D eigenvalue weighted by Gasteiger charge is 2.16. The monoisotopic (exact) mass is 299 g/mol. The molecule has 3 rings (SSSR count). The number of ether oxygens (including phenoxy) is 2. The second-order valence-electron chi connectivity index (χ2n) is 4.83. The molecule has 2 aromatic rings. The van der Waals surface area contributed by atoms with Crippen molar-refractivity contribution in [2.24, 2.45) is 0 Å². The summed E-state index contributed by atoms with van der Waals surface area (Å²) >= 11 is 0. The number of rotatable bonds is 3. The Bertz CT molecular complexity index is 628. The molecule has 0 spiro atoms. The summed E-state index contributed by atoms with van der Waals surface area (Å²) in [5.74, 6) is 1.14. The molecular weight excluding hydrogens is 282 g/mol. The maximum Gasteiger partial charge on any atom is 0.322 e. The zero-order chi connectivity index (χ0) is 15.2. The topological polar surface area (TPSA) is 63.7 Å². The van der Waals surface area contributed by atoms with Gasteiger partial charge in [-0.1, -0.05) is 18.2 Å². The molecule has 0 saturated carbocycles. The van der Waals surface area contributed by atoms with Crippen LogP contribution < -0.4 is 10.1 Å². The van der Waals surface area contributed by atoms with E-state index in [0.717, 1.165) is 0 Å². The van der Waals surface area contributed by atoms with Gasteiger partial charge in [0.2, 0.25) is 5.88 Å².